The van der Waals surface area contributed by atoms with Crippen LogP contribution in [0.2, 0.25) is 0 Å². The van der Waals surface area contributed by atoms with Gasteiger partial charge in [-0.3, -0.25) is 4.90 Å². The highest BCUT2D eigenvalue weighted by molar-refractivity contribution is 9.10. The quantitative estimate of drug-likeness (QED) is 0.781. The van der Waals surface area contributed by atoms with E-state index in [0.29, 0.717) is 5.54 Å². The molecule has 0 unspecified atom stereocenters. The van der Waals surface area contributed by atoms with Crippen molar-refractivity contribution in [1.82, 2.24) is 4.90 Å². The highest BCUT2D eigenvalue weighted by Gasteiger charge is 2.26. The van der Waals surface area contributed by atoms with Gasteiger partial charge in [0.15, 0.2) is 0 Å². The Balaban J connectivity index is 2.06. The third-order valence-electron chi connectivity index (χ3n) is 3.73. The molecule has 18 heavy (non-hydrogen) atoms. The lowest BCUT2D eigenvalue weighted by Crippen LogP contribution is -2.53. The van der Waals surface area contributed by atoms with Crippen LogP contribution in [0.15, 0.2) is 22.7 Å². The van der Waals surface area contributed by atoms with Crippen molar-refractivity contribution in [3.8, 4) is 0 Å². The molecule has 0 aliphatic carbocycles. The van der Waals surface area contributed by atoms with Gasteiger partial charge in [-0.1, -0.05) is 15.9 Å². The molecule has 1 aromatic carbocycles. The van der Waals surface area contributed by atoms with Gasteiger partial charge in [-0.05, 0) is 51.5 Å². The topological polar surface area (TPSA) is 6.48 Å². The summed E-state index contributed by atoms with van der Waals surface area (Å²) in [6.07, 6.45) is 0. The van der Waals surface area contributed by atoms with Crippen LogP contribution >= 0.6 is 15.9 Å². The summed E-state index contributed by atoms with van der Waals surface area (Å²) in [5.74, 6) is 0. The van der Waals surface area contributed by atoms with Gasteiger partial charge in [0.2, 0.25) is 0 Å². The van der Waals surface area contributed by atoms with Crippen molar-refractivity contribution in [2.75, 3.05) is 31.1 Å². The number of rotatable bonds is 1. The molecule has 0 aromatic heterocycles. The van der Waals surface area contributed by atoms with Crippen LogP contribution in [0.4, 0.5) is 5.69 Å². The van der Waals surface area contributed by atoms with Gasteiger partial charge in [-0.15, -0.1) is 0 Å². The first-order valence-corrected chi connectivity index (χ1v) is 7.43. The molecule has 2 rings (SSSR count). The van der Waals surface area contributed by atoms with E-state index in [-0.39, 0.29) is 0 Å². The van der Waals surface area contributed by atoms with E-state index in [1.165, 1.54) is 11.3 Å². The standard InChI is InChI=1S/C15H23BrN2/c1-12-11-13(16)5-6-14(12)17-7-9-18(10-8-17)15(2,3)4/h5-6,11H,7-10H2,1-4H3. The van der Waals surface area contributed by atoms with Crippen molar-refractivity contribution < 1.29 is 0 Å². The van der Waals surface area contributed by atoms with Gasteiger partial charge in [0, 0.05) is 41.9 Å². The molecule has 1 fully saturated rings. The maximum absolute atomic E-state index is 3.53. The van der Waals surface area contributed by atoms with Gasteiger partial charge >= 0.3 is 0 Å². The lowest BCUT2D eigenvalue weighted by atomic mass is 10.0. The summed E-state index contributed by atoms with van der Waals surface area (Å²) in [7, 11) is 0. The summed E-state index contributed by atoms with van der Waals surface area (Å²) in [5, 5.41) is 0. The molecule has 1 aromatic rings. The molecule has 3 heteroatoms. The summed E-state index contributed by atoms with van der Waals surface area (Å²) in [5.41, 5.74) is 3.03. The number of halogens is 1. The number of hydrogen-bond acceptors (Lipinski definition) is 2. The van der Waals surface area contributed by atoms with Crippen molar-refractivity contribution in [1.29, 1.82) is 0 Å². The SMILES string of the molecule is Cc1cc(Br)ccc1N1CCN(C(C)(C)C)CC1. The normalized spacial score (nSPS) is 18.2. The molecular formula is C15H23BrN2. The predicted octanol–water partition coefficient (Wildman–Crippen LogP) is 3.68. The van der Waals surface area contributed by atoms with E-state index in [1.54, 1.807) is 0 Å². The zero-order valence-corrected chi connectivity index (χ0v) is 13.4. The van der Waals surface area contributed by atoms with E-state index < -0.39 is 0 Å². The fraction of sp³-hybridized carbons (Fsp3) is 0.600. The first kappa shape index (κ1) is 13.9. The van der Waals surface area contributed by atoms with Crippen LogP contribution in [0.5, 0.6) is 0 Å². The van der Waals surface area contributed by atoms with Gasteiger partial charge in [-0.2, -0.15) is 0 Å². The van der Waals surface area contributed by atoms with E-state index >= 15 is 0 Å². The number of hydrogen-bond donors (Lipinski definition) is 0. The smallest absolute Gasteiger partial charge is 0.0397 e. The Labute approximate surface area is 119 Å². The third-order valence-corrected chi connectivity index (χ3v) is 4.22. The van der Waals surface area contributed by atoms with Gasteiger partial charge in [-0.25, -0.2) is 0 Å². The van der Waals surface area contributed by atoms with E-state index in [0.717, 1.165) is 30.7 Å². The van der Waals surface area contributed by atoms with Crippen molar-refractivity contribution >= 4 is 21.6 Å². The molecule has 0 bridgehead atoms. The number of benzene rings is 1. The highest BCUT2D eigenvalue weighted by atomic mass is 79.9. The zero-order chi connectivity index (χ0) is 13.3. The average molecular weight is 311 g/mol. The molecule has 1 heterocycles. The molecule has 1 aliphatic heterocycles. The fourth-order valence-electron chi connectivity index (χ4n) is 2.59. The maximum atomic E-state index is 3.53. The first-order valence-electron chi connectivity index (χ1n) is 6.64. The van der Waals surface area contributed by atoms with Crippen LogP contribution in [0, 0.1) is 6.92 Å². The molecule has 0 amide bonds. The van der Waals surface area contributed by atoms with E-state index in [9.17, 15) is 0 Å². The van der Waals surface area contributed by atoms with E-state index in [1.807, 2.05) is 0 Å². The summed E-state index contributed by atoms with van der Waals surface area (Å²) in [4.78, 5) is 5.07. The Morgan fingerprint density at radius 1 is 1.06 bits per heavy atom. The Hall–Kier alpha value is -0.540. The molecule has 2 nitrogen and oxygen atoms in total. The molecule has 1 saturated heterocycles. The van der Waals surface area contributed by atoms with Crippen molar-refractivity contribution in [3.05, 3.63) is 28.2 Å². The van der Waals surface area contributed by atoms with Gasteiger partial charge in [0.25, 0.3) is 0 Å². The second-order valence-corrected chi connectivity index (χ2v) is 6.99. The number of aryl methyl sites for hydroxylation is 1. The number of piperazine rings is 1. The van der Waals surface area contributed by atoms with Crippen LogP contribution in [-0.4, -0.2) is 36.6 Å². The van der Waals surface area contributed by atoms with Crippen molar-refractivity contribution in [2.45, 2.75) is 33.2 Å². The predicted molar refractivity (Wildman–Crippen MR) is 82.4 cm³/mol. The van der Waals surface area contributed by atoms with E-state index in [4.69, 9.17) is 0 Å². The molecule has 0 radical (unpaired) electrons. The molecule has 1 aliphatic rings. The second-order valence-electron chi connectivity index (χ2n) is 6.08. The minimum Gasteiger partial charge on any atom is -0.369 e. The lowest BCUT2D eigenvalue weighted by Gasteiger charge is -2.43. The minimum absolute atomic E-state index is 0.293. The largest absolute Gasteiger partial charge is 0.369 e. The van der Waals surface area contributed by atoms with E-state index in [2.05, 4.69) is 71.6 Å². The molecular weight excluding hydrogens is 288 g/mol. The molecule has 0 N–H and O–H groups in total. The number of anilines is 1. The van der Waals surface area contributed by atoms with Crippen LogP contribution in [0.1, 0.15) is 26.3 Å². The number of nitrogens with zero attached hydrogens (tertiary/aromatic N) is 2. The van der Waals surface area contributed by atoms with Crippen LogP contribution < -0.4 is 4.90 Å². The first-order chi connectivity index (χ1) is 8.38. The van der Waals surface area contributed by atoms with Crippen LogP contribution in [-0.2, 0) is 0 Å². The van der Waals surface area contributed by atoms with Crippen molar-refractivity contribution in [2.24, 2.45) is 0 Å². The Bertz CT molecular complexity index is 415. The molecule has 100 valence electrons. The highest BCUT2D eigenvalue weighted by Crippen LogP contribution is 2.26. The molecule has 0 saturated carbocycles. The molecule has 0 spiro atoms. The second kappa shape index (κ2) is 5.22. The van der Waals surface area contributed by atoms with Gasteiger partial charge in [0.05, 0.1) is 0 Å². The third kappa shape index (κ3) is 3.07. The summed E-state index contributed by atoms with van der Waals surface area (Å²) in [6.45, 7) is 13.6. The minimum atomic E-state index is 0.293. The average Bonchev–Trinajstić information content (AvgIpc) is 2.28. The fourth-order valence-corrected chi connectivity index (χ4v) is 3.07. The van der Waals surface area contributed by atoms with Crippen LogP contribution in [0.3, 0.4) is 0 Å². The van der Waals surface area contributed by atoms with Gasteiger partial charge < -0.3 is 4.90 Å². The monoisotopic (exact) mass is 310 g/mol. The maximum Gasteiger partial charge on any atom is 0.0397 e. The Kier molecular flexibility index (Phi) is 4.02. The Morgan fingerprint density at radius 3 is 2.17 bits per heavy atom. The van der Waals surface area contributed by atoms with Crippen molar-refractivity contribution in [3.63, 3.8) is 0 Å². The van der Waals surface area contributed by atoms with Crippen LogP contribution in [0.25, 0.3) is 0 Å². The summed E-state index contributed by atoms with van der Waals surface area (Å²) in [6, 6.07) is 6.57. The lowest BCUT2D eigenvalue weighted by molar-refractivity contribution is 0.128. The van der Waals surface area contributed by atoms with Gasteiger partial charge in [0.1, 0.15) is 0 Å². The zero-order valence-electron chi connectivity index (χ0n) is 11.8. The molecule has 0 atom stereocenters. The Morgan fingerprint density at radius 2 is 1.67 bits per heavy atom. The summed E-state index contributed by atoms with van der Waals surface area (Å²) < 4.78 is 1.16. The summed E-state index contributed by atoms with van der Waals surface area (Å²) >= 11 is 3.53.